The molecule has 0 spiro atoms. The summed E-state index contributed by atoms with van der Waals surface area (Å²) in [6.07, 6.45) is 3.51. The van der Waals surface area contributed by atoms with Crippen LogP contribution < -0.4 is 0 Å². The van der Waals surface area contributed by atoms with Gasteiger partial charge in [0.1, 0.15) is 5.65 Å². The number of nitrogens with zero attached hydrogens (tertiary/aromatic N) is 2. The first kappa shape index (κ1) is 8.17. The van der Waals surface area contributed by atoms with E-state index in [2.05, 4.69) is 15.0 Å². The molecule has 1 aliphatic carbocycles. The van der Waals surface area contributed by atoms with Crippen LogP contribution in [-0.2, 0) is 0 Å². The predicted molar refractivity (Wildman–Crippen MR) is 50.8 cm³/mol. The molecule has 3 nitrogen and oxygen atoms in total. The second-order valence-corrected chi connectivity index (χ2v) is 3.87. The predicted octanol–water partition coefficient (Wildman–Crippen LogP) is 2.63. The highest BCUT2D eigenvalue weighted by atomic mass is 35.5. The minimum atomic E-state index is -0.223. The number of H-pyrrole nitrogens is 1. The van der Waals surface area contributed by atoms with E-state index in [1.165, 1.54) is 6.20 Å². The van der Waals surface area contributed by atoms with Gasteiger partial charge in [0.25, 0.3) is 0 Å². The van der Waals surface area contributed by atoms with Gasteiger partial charge in [0.05, 0.1) is 11.1 Å². The van der Waals surface area contributed by atoms with Crippen LogP contribution >= 0.6 is 11.6 Å². The maximum Gasteiger partial charge on any atom is 0.224 e. The van der Waals surface area contributed by atoms with E-state index in [1.807, 2.05) is 0 Å². The fraction of sp³-hybridized carbons (Fsp3) is 0.333. The molecule has 1 saturated carbocycles. The topological polar surface area (TPSA) is 41.6 Å². The third-order valence-corrected chi connectivity index (χ3v) is 2.65. The molecule has 2 aromatic rings. The quantitative estimate of drug-likeness (QED) is 0.737. The Hall–Kier alpha value is -1.16. The van der Waals surface area contributed by atoms with Gasteiger partial charge < -0.3 is 4.98 Å². The van der Waals surface area contributed by atoms with E-state index in [0.29, 0.717) is 22.6 Å². The highest BCUT2D eigenvalue weighted by Crippen LogP contribution is 2.42. The average molecular weight is 212 g/mol. The van der Waals surface area contributed by atoms with Crippen LogP contribution in [0.5, 0.6) is 0 Å². The number of aromatic nitrogens is 3. The highest BCUT2D eigenvalue weighted by molar-refractivity contribution is 6.28. The molecule has 0 radical (unpaired) electrons. The van der Waals surface area contributed by atoms with Crippen LogP contribution in [0, 0.1) is 5.82 Å². The van der Waals surface area contributed by atoms with Gasteiger partial charge in [0.15, 0.2) is 5.82 Å². The second-order valence-electron chi connectivity index (χ2n) is 3.53. The Labute approximate surface area is 84.3 Å². The number of rotatable bonds is 1. The number of hydrogen-bond acceptors (Lipinski definition) is 2. The molecular weight excluding hydrogens is 205 g/mol. The Morgan fingerprint density at radius 3 is 3.00 bits per heavy atom. The molecule has 0 unspecified atom stereocenters. The molecule has 0 amide bonds. The van der Waals surface area contributed by atoms with E-state index in [4.69, 9.17) is 11.6 Å². The molecule has 72 valence electrons. The van der Waals surface area contributed by atoms with Gasteiger partial charge in [-0.15, -0.1) is 0 Å². The SMILES string of the molecule is Fc1c(C2CC2)[nH]c2nc(Cl)ncc12. The molecule has 0 aliphatic heterocycles. The third-order valence-electron chi connectivity index (χ3n) is 2.47. The number of nitrogens with one attached hydrogen (secondary N) is 1. The summed E-state index contributed by atoms with van der Waals surface area (Å²) in [5.41, 5.74) is 1.14. The average Bonchev–Trinajstić information content (AvgIpc) is 2.93. The van der Waals surface area contributed by atoms with E-state index >= 15 is 0 Å². The summed E-state index contributed by atoms with van der Waals surface area (Å²) >= 11 is 5.61. The van der Waals surface area contributed by atoms with Crippen molar-refractivity contribution in [3.05, 3.63) is 23.0 Å². The zero-order chi connectivity index (χ0) is 9.71. The molecule has 1 fully saturated rings. The van der Waals surface area contributed by atoms with E-state index < -0.39 is 0 Å². The molecule has 0 atom stereocenters. The van der Waals surface area contributed by atoms with Crippen molar-refractivity contribution in [3.8, 4) is 0 Å². The molecular formula is C9H7ClFN3. The lowest BCUT2D eigenvalue weighted by Gasteiger charge is -1.89. The minimum Gasteiger partial charge on any atom is -0.340 e. The molecule has 2 heterocycles. The Balaban J connectivity index is 2.28. The smallest absolute Gasteiger partial charge is 0.224 e. The van der Waals surface area contributed by atoms with Gasteiger partial charge in [0.2, 0.25) is 5.28 Å². The molecule has 1 aliphatic rings. The molecule has 14 heavy (non-hydrogen) atoms. The van der Waals surface area contributed by atoms with E-state index in [0.717, 1.165) is 12.8 Å². The highest BCUT2D eigenvalue weighted by Gasteiger charge is 2.29. The first-order valence-electron chi connectivity index (χ1n) is 4.45. The van der Waals surface area contributed by atoms with Gasteiger partial charge in [-0.1, -0.05) is 0 Å². The van der Waals surface area contributed by atoms with Gasteiger partial charge in [0, 0.05) is 12.1 Å². The van der Waals surface area contributed by atoms with Crippen molar-refractivity contribution in [2.24, 2.45) is 0 Å². The van der Waals surface area contributed by atoms with Crippen LogP contribution in [0.1, 0.15) is 24.5 Å². The summed E-state index contributed by atoms with van der Waals surface area (Å²) in [7, 11) is 0. The molecule has 1 N–H and O–H groups in total. The summed E-state index contributed by atoms with van der Waals surface area (Å²) in [6.45, 7) is 0. The van der Waals surface area contributed by atoms with Crippen molar-refractivity contribution >= 4 is 22.6 Å². The number of aromatic amines is 1. The Bertz CT molecular complexity index is 504. The largest absolute Gasteiger partial charge is 0.340 e. The number of hydrogen-bond donors (Lipinski definition) is 1. The zero-order valence-electron chi connectivity index (χ0n) is 7.22. The van der Waals surface area contributed by atoms with E-state index in [1.54, 1.807) is 0 Å². The summed E-state index contributed by atoms with van der Waals surface area (Å²) in [6, 6.07) is 0. The van der Waals surface area contributed by atoms with Crippen molar-refractivity contribution in [1.29, 1.82) is 0 Å². The molecule has 3 rings (SSSR count). The normalized spacial score (nSPS) is 16.4. The lowest BCUT2D eigenvalue weighted by Crippen LogP contribution is -1.81. The number of halogens is 2. The van der Waals surface area contributed by atoms with Crippen LogP contribution in [0.3, 0.4) is 0 Å². The van der Waals surface area contributed by atoms with Crippen LogP contribution in [0.4, 0.5) is 4.39 Å². The van der Waals surface area contributed by atoms with Crippen LogP contribution in [-0.4, -0.2) is 15.0 Å². The lowest BCUT2D eigenvalue weighted by atomic mass is 10.2. The Morgan fingerprint density at radius 1 is 1.50 bits per heavy atom. The lowest BCUT2D eigenvalue weighted by molar-refractivity contribution is 0.620. The first-order chi connectivity index (χ1) is 6.75. The standard InChI is InChI=1S/C9H7ClFN3/c10-9-12-3-5-6(11)7(4-1-2-4)13-8(5)14-9/h3-4H,1-2H2,(H,12,13,14). The summed E-state index contributed by atoms with van der Waals surface area (Å²) in [5, 5.41) is 0.567. The monoisotopic (exact) mass is 211 g/mol. The molecule has 0 saturated heterocycles. The zero-order valence-corrected chi connectivity index (χ0v) is 7.98. The van der Waals surface area contributed by atoms with E-state index in [-0.39, 0.29) is 11.1 Å². The van der Waals surface area contributed by atoms with Crippen molar-refractivity contribution in [2.45, 2.75) is 18.8 Å². The van der Waals surface area contributed by atoms with Crippen LogP contribution in [0.15, 0.2) is 6.20 Å². The summed E-state index contributed by atoms with van der Waals surface area (Å²) < 4.78 is 13.7. The Kier molecular flexibility index (Phi) is 1.56. The van der Waals surface area contributed by atoms with Crippen LogP contribution in [0.25, 0.3) is 11.0 Å². The summed E-state index contributed by atoms with van der Waals surface area (Å²) in [5.74, 6) is 0.113. The van der Waals surface area contributed by atoms with Gasteiger partial charge >= 0.3 is 0 Å². The van der Waals surface area contributed by atoms with Crippen molar-refractivity contribution in [2.75, 3.05) is 0 Å². The third kappa shape index (κ3) is 1.10. The molecule has 2 aromatic heterocycles. The van der Waals surface area contributed by atoms with Crippen molar-refractivity contribution < 1.29 is 4.39 Å². The van der Waals surface area contributed by atoms with E-state index in [9.17, 15) is 4.39 Å². The number of fused-ring (bicyclic) bond motifs is 1. The van der Waals surface area contributed by atoms with Gasteiger partial charge in [-0.05, 0) is 24.4 Å². The second kappa shape index (κ2) is 2.67. The van der Waals surface area contributed by atoms with Crippen LogP contribution in [0.2, 0.25) is 5.28 Å². The van der Waals surface area contributed by atoms with Gasteiger partial charge in [-0.3, -0.25) is 0 Å². The van der Waals surface area contributed by atoms with Crippen molar-refractivity contribution in [1.82, 2.24) is 15.0 Å². The molecule has 5 heteroatoms. The minimum absolute atomic E-state index is 0.140. The molecule has 0 aromatic carbocycles. The van der Waals surface area contributed by atoms with Gasteiger partial charge in [-0.2, -0.15) is 4.98 Å². The fourth-order valence-electron chi connectivity index (χ4n) is 1.60. The maximum atomic E-state index is 13.7. The summed E-state index contributed by atoms with van der Waals surface area (Å²) in [4.78, 5) is 10.6. The van der Waals surface area contributed by atoms with Gasteiger partial charge in [-0.25, -0.2) is 9.37 Å². The fourth-order valence-corrected chi connectivity index (χ4v) is 1.73. The maximum absolute atomic E-state index is 13.7. The first-order valence-corrected chi connectivity index (χ1v) is 4.83. The van der Waals surface area contributed by atoms with Crippen molar-refractivity contribution in [3.63, 3.8) is 0 Å². The Morgan fingerprint density at radius 2 is 2.29 bits per heavy atom. The molecule has 0 bridgehead atoms.